The van der Waals surface area contributed by atoms with Gasteiger partial charge in [0.05, 0.1) is 5.92 Å². The molecule has 0 saturated heterocycles. The van der Waals surface area contributed by atoms with Gasteiger partial charge in [-0.2, -0.15) is 0 Å². The van der Waals surface area contributed by atoms with Gasteiger partial charge in [-0.1, -0.05) is 27.7 Å². The highest BCUT2D eigenvalue weighted by Crippen LogP contribution is 2.13. The maximum atomic E-state index is 12.3. The van der Waals surface area contributed by atoms with Crippen LogP contribution in [-0.4, -0.2) is 43.4 Å². The molecule has 2 unspecified atom stereocenters. The third-order valence-electron chi connectivity index (χ3n) is 3.17. The van der Waals surface area contributed by atoms with Crippen molar-refractivity contribution < 1.29 is 9.59 Å². The Morgan fingerprint density at radius 1 is 1.05 bits per heavy atom. The molecule has 20 heavy (non-hydrogen) atoms. The summed E-state index contributed by atoms with van der Waals surface area (Å²) in [5.74, 6) is 0.349. The Bertz CT molecular complexity index is 314. The van der Waals surface area contributed by atoms with Crippen molar-refractivity contribution in [2.24, 2.45) is 23.5 Å². The van der Waals surface area contributed by atoms with Gasteiger partial charge in [-0.25, -0.2) is 0 Å². The average Bonchev–Trinajstić information content (AvgIpc) is 2.32. The van der Waals surface area contributed by atoms with Crippen LogP contribution < -0.4 is 11.1 Å². The Balaban J connectivity index is 4.78. The first kappa shape index (κ1) is 18.9. The van der Waals surface area contributed by atoms with Crippen LogP contribution in [0.2, 0.25) is 0 Å². The molecule has 0 aliphatic rings. The lowest BCUT2D eigenvalue weighted by Crippen LogP contribution is -2.49. The van der Waals surface area contributed by atoms with E-state index < -0.39 is 6.04 Å². The minimum Gasteiger partial charge on any atom is -0.347 e. The largest absolute Gasteiger partial charge is 0.347 e. The second kappa shape index (κ2) is 8.95. The summed E-state index contributed by atoms with van der Waals surface area (Å²) < 4.78 is 0. The fraction of sp³-hybridized carbons (Fsp3) is 0.867. The highest BCUT2D eigenvalue weighted by Gasteiger charge is 2.26. The van der Waals surface area contributed by atoms with Gasteiger partial charge >= 0.3 is 0 Å². The van der Waals surface area contributed by atoms with Crippen molar-refractivity contribution in [2.75, 3.05) is 20.6 Å². The first-order chi connectivity index (χ1) is 9.18. The maximum Gasteiger partial charge on any atom is 0.244 e. The molecule has 2 amide bonds. The van der Waals surface area contributed by atoms with Gasteiger partial charge in [-0.15, -0.1) is 0 Å². The summed E-state index contributed by atoms with van der Waals surface area (Å²) in [6.45, 7) is 8.51. The van der Waals surface area contributed by atoms with Crippen molar-refractivity contribution in [3.63, 3.8) is 0 Å². The van der Waals surface area contributed by atoms with Crippen LogP contribution in [0.4, 0.5) is 0 Å². The van der Waals surface area contributed by atoms with Crippen molar-refractivity contribution >= 4 is 11.8 Å². The molecule has 0 aliphatic carbocycles. The van der Waals surface area contributed by atoms with E-state index in [9.17, 15) is 9.59 Å². The lowest BCUT2D eigenvalue weighted by Gasteiger charge is -2.25. The molecular formula is C15H31N3O2. The molecule has 2 atom stereocenters. The van der Waals surface area contributed by atoms with Gasteiger partial charge in [0, 0.05) is 20.6 Å². The Morgan fingerprint density at radius 3 is 1.90 bits per heavy atom. The Hall–Kier alpha value is -1.10. The summed E-state index contributed by atoms with van der Waals surface area (Å²) in [4.78, 5) is 25.9. The number of amides is 2. The van der Waals surface area contributed by atoms with Gasteiger partial charge in [0.15, 0.2) is 0 Å². The summed E-state index contributed by atoms with van der Waals surface area (Å²) in [6, 6.07) is -0.460. The molecule has 0 aromatic carbocycles. The zero-order chi connectivity index (χ0) is 15.9. The first-order valence-electron chi connectivity index (χ1n) is 7.40. The topological polar surface area (TPSA) is 75.4 Å². The van der Waals surface area contributed by atoms with E-state index >= 15 is 0 Å². The third kappa shape index (κ3) is 6.89. The summed E-state index contributed by atoms with van der Waals surface area (Å²) in [5, 5.41) is 2.88. The van der Waals surface area contributed by atoms with Crippen LogP contribution in [0.25, 0.3) is 0 Å². The molecule has 0 aliphatic heterocycles. The molecule has 0 radical (unpaired) electrons. The number of nitrogens with zero attached hydrogens (tertiary/aromatic N) is 1. The first-order valence-corrected chi connectivity index (χ1v) is 7.40. The highest BCUT2D eigenvalue weighted by atomic mass is 16.2. The van der Waals surface area contributed by atoms with E-state index in [1.165, 1.54) is 4.90 Å². The second-order valence-corrected chi connectivity index (χ2v) is 6.49. The highest BCUT2D eigenvalue weighted by molar-refractivity contribution is 5.88. The molecule has 0 fully saturated rings. The number of nitrogens with two attached hydrogens (primary N) is 1. The monoisotopic (exact) mass is 285 g/mol. The van der Waals surface area contributed by atoms with Gasteiger partial charge in [0.2, 0.25) is 11.8 Å². The molecule has 0 rings (SSSR count). The van der Waals surface area contributed by atoms with Crippen LogP contribution in [0.1, 0.15) is 40.5 Å². The number of nitrogens with one attached hydrogen (secondary N) is 1. The number of rotatable bonds is 8. The minimum atomic E-state index is -0.460. The van der Waals surface area contributed by atoms with Gasteiger partial charge in [0.25, 0.3) is 0 Å². The second-order valence-electron chi connectivity index (χ2n) is 6.49. The number of hydrogen-bond acceptors (Lipinski definition) is 3. The van der Waals surface area contributed by atoms with Crippen LogP contribution >= 0.6 is 0 Å². The fourth-order valence-corrected chi connectivity index (χ4v) is 2.17. The van der Waals surface area contributed by atoms with Crippen LogP contribution in [0.5, 0.6) is 0 Å². The van der Waals surface area contributed by atoms with E-state index in [4.69, 9.17) is 5.73 Å². The normalized spacial score (nSPS) is 14.2. The van der Waals surface area contributed by atoms with E-state index in [2.05, 4.69) is 19.2 Å². The predicted molar refractivity (Wildman–Crippen MR) is 82.1 cm³/mol. The van der Waals surface area contributed by atoms with E-state index in [-0.39, 0.29) is 17.7 Å². The number of likely N-dealkylation sites (N-methyl/N-ethyl adjacent to an activating group) is 1. The average molecular weight is 285 g/mol. The standard InChI is InChI=1S/C15H31N3O2/c1-10(2)7-12(9-16)14(19)17-13(8-11(3)4)15(20)18(5)6/h10-13H,7-9,16H2,1-6H3,(H,17,19). The van der Waals surface area contributed by atoms with Crippen molar-refractivity contribution in [3.8, 4) is 0 Å². The summed E-state index contributed by atoms with van der Waals surface area (Å²) in [5.41, 5.74) is 5.68. The Labute approximate surface area is 123 Å². The quantitative estimate of drug-likeness (QED) is 0.704. The Morgan fingerprint density at radius 2 is 1.55 bits per heavy atom. The lowest BCUT2D eigenvalue weighted by molar-refractivity contribution is -0.136. The van der Waals surface area contributed by atoms with Crippen LogP contribution in [-0.2, 0) is 9.59 Å². The van der Waals surface area contributed by atoms with Gasteiger partial charge in [-0.05, 0) is 24.7 Å². The van der Waals surface area contributed by atoms with Crippen LogP contribution in [0, 0.1) is 17.8 Å². The van der Waals surface area contributed by atoms with Crippen molar-refractivity contribution in [1.82, 2.24) is 10.2 Å². The molecule has 0 heterocycles. The maximum absolute atomic E-state index is 12.3. The van der Waals surface area contributed by atoms with E-state index in [0.29, 0.717) is 24.8 Å². The molecule has 0 spiro atoms. The lowest BCUT2D eigenvalue weighted by atomic mass is 9.95. The van der Waals surface area contributed by atoms with Crippen LogP contribution in [0.3, 0.4) is 0 Å². The van der Waals surface area contributed by atoms with Gasteiger partial charge < -0.3 is 16.0 Å². The fourth-order valence-electron chi connectivity index (χ4n) is 2.17. The molecule has 0 aromatic heterocycles. The molecule has 3 N–H and O–H groups in total. The predicted octanol–water partition coefficient (Wildman–Crippen LogP) is 1.23. The summed E-state index contributed by atoms with van der Waals surface area (Å²) >= 11 is 0. The van der Waals surface area contributed by atoms with Crippen molar-refractivity contribution in [1.29, 1.82) is 0 Å². The number of hydrogen-bond donors (Lipinski definition) is 2. The molecule has 5 heteroatoms. The van der Waals surface area contributed by atoms with E-state index in [1.807, 2.05) is 13.8 Å². The third-order valence-corrected chi connectivity index (χ3v) is 3.17. The summed E-state index contributed by atoms with van der Waals surface area (Å²) in [6.07, 6.45) is 1.38. The smallest absolute Gasteiger partial charge is 0.244 e. The van der Waals surface area contributed by atoms with Gasteiger partial charge in [-0.3, -0.25) is 9.59 Å². The molecule has 0 aromatic rings. The van der Waals surface area contributed by atoms with Crippen molar-refractivity contribution in [2.45, 2.75) is 46.6 Å². The Kier molecular flexibility index (Phi) is 8.46. The number of carbonyl (C=O) groups is 2. The van der Waals surface area contributed by atoms with Crippen molar-refractivity contribution in [3.05, 3.63) is 0 Å². The zero-order valence-electron chi connectivity index (χ0n) is 13.8. The van der Waals surface area contributed by atoms with E-state index in [1.54, 1.807) is 14.1 Å². The minimum absolute atomic E-state index is 0.0626. The molecule has 0 bridgehead atoms. The van der Waals surface area contributed by atoms with E-state index in [0.717, 1.165) is 6.42 Å². The van der Waals surface area contributed by atoms with Crippen LogP contribution in [0.15, 0.2) is 0 Å². The molecule has 5 nitrogen and oxygen atoms in total. The molecular weight excluding hydrogens is 254 g/mol. The molecule has 0 saturated carbocycles. The molecule has 118 valence electrons. The van der Waals surface area contributed by atoms with Gasteiger partial charge in [0.1, 0.15) is 6.04 Å². The SMILES string of the molecule is CC(C)CC(CN)C(=O)NC(CC(C)C)C(=O)N(C)C. The zero-order valence-corrected chi connectivity index (χ0v) is 13.8. The number of carbonyl (C=O) groups excluding carboxylic acids is 2. The summed E-state index contributed by atoms with van der Waals surface area (Å²) in [7, 11) is 3.41.